The topological polar surface area (TPSA) is 27.7 Å². The van der Waals surface area contributed by atoms with Gasteiger partial charge in [-0.15, -0.1) is 0 Å². The Balaban J connectivity index is 1.31. The summed E-state index contributed by atoms with van der Waals surface area (Å²) in [7, 11) is 0. The van der Waals surface area contributed by atoms with E-state index in [2.05, 4.69) is 6.92 Å². The molecule has 4 rings (SSSR count). The van der Waals surface area contributed by atoms with E-state index in [0.717, 1.165) is 44.1 Å². The molecule has 1 aliphatic carbocycles. The smallest absolute Gasteiger partial charge is 0.201 e. The van der Waals surface area contributed by atoms with Gasteiger partial charge < -0.3 is 14.2 Å². The molecule has 43 heavy (non-hydrogen) atoms. The molecule has 0 bridgehead atoms. The number of halogens is 5. The number of hydrogen-bond donors (Lipinski definition) is 0. The number of unbranched alkanes of at least 4 members (excludes halogenated alkanes) is 4. The van der Waals surface area contributed by atoms with Gasteiger partial charge in [0.2, 0.25) is 11.6 Å². The number of hydrogen-bond acceptors (Lipinski definition) is 3. The lowest BCUT2D eigenvalue weighted by molar-refractivity contribution is 0.271. The SMILES string of the molecule is CCCCCCOc1ccc(COc2ccc(C3CCC(c4ccc(OCCCC)c(F)c4F)CC3)cc2F)c(F)c1F. The van der Waals surface area contributed by atoms with Crippen molar-refractivity contribution in [2.45, 2.75) is 96.5 Å². The van der Waals surface area contributed by atoms with Gasteiger partial charge in [0.1, 0.15) is 6.61 Å². The zero-order valence-electron chi connectivity index (χ0n) is 25.0. The predicted octanol–water partition coefficient (Wildman–Crippen LogP) is 10.5. The second-order valence-corrected chi connectivity index (χ2v) is 11.3. The van der Waals surface area contributed by atoms with Crippen LogP contribution in [0.4, 0.5) is 22.0 Å². The van der Waals surface area contributed by atoms with Crippen LogP contribution in [-0.4, -0.2) is 13.2 Å². The minimum absolute atomic E-state index is 0.0399. The summed E-state index contributed by atoms with van der Waals surface area (Å²) in [5.41, 5.74) is 1.10. The lowest BCUT2D eigenvalue weighted by Gasteiger charge is -2.29. The first kappa shape index (κ1) is 32.6. The Morgan fingerprint density at radius 1 is 0.581 bits per heavy atom. The highest BCUT2D eigenvalue weighted by atomic mass is 19.2. The minimum Gasteiger partial charge on any atom is -0.490 e. The van der Waals surface area contributed by atoms with Crippen LogP contribution in [0.15, 0.2) is 42.5 Å². The molecule has 0 heterocycles. The number of benzene rings is 3. The fraction of sp³-hybridized carbons (Fsp3) is 0.486. The van der Waals surface area contributed by atoms with Crippen molar-refractivity contribution in [2.75, 3.05) is 13.2 Å². The molecule has 0 radical (unpaired) electrons. The Morgan fingerprint density at radius 3 is 1.86 bits per heavy atom. The lowest BCUT2D eigenvalue weighted by atomic mass is 9.76. The van der Waals surface area contributed by atoms with Gasteiger partial charge in [0.25, 0.3) is 0 Å². The molecule has 3 aromatic carbocycles. The standard InChI is InChI=1S/C35H41F5O3/c1-3-5-7-8-20-42-30-17-14-26(32(37)34(30)39)22-43-29-16-13-25(21-28(29)36)23-9-11-24(12-10-23)27-15-18-31(35(40)33(27)38)41-19-6-4-2/h13-18,21,23-24H,3-12,19-20,22H2,1-2H3. The first-order chi connectivity index (χ1) is 20.8. The van der Waals surface area contributed by atoms with Crippen molar-refractivity contribution in [3.8, 4) is 17.2 Å². The molecule has 234 valence electrons. The minimum atomic E-state index is -1.08. The molecule has 8 heteroatoms. The van der Waals surface area contributed by atoms with Gasteiger partial charge in [0.15, 0.2) is 34.7 Å². The Hall–Kier alpha value is -3.29. The summed E-state index contributed by atoms with van der Waals surface area (Å²) in [5, 5.41) is 0. The van der Waals surface area contributed by atoms with Gasteiger partial charge in [0, 0.05) is 5.56 Å². The highest BCUT2D eigenvalue weighted by Gasteiger charge is 2.28. The molecule has 0 N–H and O–H groups in total. The van der Waals surface area contributed by atoms with Gasteiger partial charge in [-0.05, 0) is 91.8 Å². The molecular formula is C35H41F5O3. The molecule has 0 atom stereocenters. The first-order valence-corrected chi connectivity index (χ1v) is 15.5. The predicted molar refractivity (Wildman–Crippen MR) is 157 cm³/mol. The zero-order valence-corrected chi connectivity index (χ0v) is 25.0. The summed E-state index contributed by atoms with van der Waals surface area (Å²) in [6, 6.07) is 10.5. The zero-order chi connectivity index (χ0) is 30.8. The third kappa shape index (κ3) is 8.42. The van der Waals surface area contributed by atoms with Crippen molar-refractivity contribution in [1.82, 2.24) is 0 Å². The average molecular weight is 605 g/mol. The van der Waals surface area contributed by atoms with Crippen molar-refractivity contribution < 1.29 is 36.2 Å². The molecule has 1 fully saturated rings. The van der Waals surface area contributed by atoms with Crippen LogP contribution in [-0.2, 0) is 6.61 Å². The van der Waals surface area contributed by atoms with E-state index < -0.39 is 29.1 Å². The van der Waals surface area contributed by atoms with Crippen LogP contribution in [0.3, 0.4) is 0 Å². The molecule has 1 saturated carbocycles. The molecule has 0 amide bonds. The van der Waals surface area contributed by atoms with E-state index in [-0.39, 0.29) is 41.3 Å². The number of ether oxygens (including phenoxy) is 3. The second-order valence-electron chi connectivity index (χ2n) is 11.3. The van der Waals surface area contributed by atoms with E-state index >= 15 is 0 Å². The van der Waals surface area contributed by atoms with Crippen LogP contribution < -0.4 is 14.2 Å². The maximum absolute atomic E-state index is 15.0. The van der Waals surface area contributed by atoms with Crippen molar-refractivity contribution in [1.29, 1.82) is 0 Å². The Kier molecular flexibility index (Phi) is 12.1. The van der Waals surface area contributed by atoms with Crippen LogP contribution in [0.5, 0.6) is 17.2 Å². The molecule has 0 aromatic heterocycles. The van der Waals surface area contributed by atoms with E-state index in [0.29, 0.717) is 44.5 Å². The Labute approximate surface area is 251 Å². The number of rotatable bonds is 15. The van der Waals surface area contributed by atoms with Crippen molar-refractivity contribution >= 4 is 0 Å². The quantitative estimate of drug-likeness (QED) is 0.128. The summed E-state index contributed by atoms with van der Waals surface area (Å²) in [5.74, 6) is -4.90. The van der Waals surface area contributed by atoms with Crippen LogP contribution in [0.1, 0.15) is 107 Å². The summed E-state index contributed by atoms with van der Waals surface area (Å²) >= 11 is 0. The van der Waals surface area contributed by atoms with Crippen LogP contribution in [0.2, 0.25) is 0 Å². The highest BCUT2D eigenvalue weighted by molar-refractivity contribution is 5.36. The van der Waals surface area contributed by atoms with Crippen LogP contribution in [0.25, 0.3) is 0 Å². The van der Waals surface area contributed by atoms with Crippen LogP contribution >= 0.6 is 0 Å². The third-order valence-corrected chi connectivity index (χ3v) is 8.19. The molecule has 0 spiro atoms. The largest absolute Gasteiger partial charge is 0.490 e. The molecule has 1 aliphatic rings. The second kappa shape index (κ2) is 16.0. The molecule has 3 aromatic rings. The monoisotopic (exact) mass is 604 g/mol. The van der Waals surface area contributed by atoms with E-state index in [1.54, 1.807) is 12.1 Å². The van der Waals surface area contributed by atoms with Gasteiger partial charge in [-0.25, -0.2) is 13.2 Å². The molecule has 0 saturated heterocycles. The van der Waals surface area contributed by atoms with E-state index in [1.165, 1.54) is 30.3 Å². The fourth-order valence-electron chi connectivity index (χ4n) is 5.59. The van der Waals surface area contributed by atoms with Crippen molar-refractivity contribution in [3.05, 3.63) is 88.2 Å². The van der Waals surface area contributed by atoms with E-state index in [4.69, 9.17) is 14.2 Å². The van der Waals surface area contributed by atoms with Gasteiger partial charge in [-0.3, -0.25) is 0 Å². The fourth-order valence-corrected chi connectivity index (χ4v) is 5.59. The van der Waals surface area contributed by atoms with Crippen molar-refractivity contribution in [3.63, 3.8) is 0 Å². The van der Waals surface area contributed by atoms with Gasteiger partial charge in [-0.1, -0.05) is 51.7 Å². The van der Waals surface area contributed by atoms with E-state index in [9.17, 15) is 22.0 Å². The maximum atomic E-state index is 15.0. The van der Waals surface area contributed by atoms with Crippen molar-refractivity contribution in [2.24, 2.45) is 0 Å². The summed E-state index contributed by atoms with van der Waals surface area (Å²) in [6.45, 7) is 4.39. The van der Waals surface area contributed by atoms with Gasteiger partial charge >= 0.3 is 0 Å². The van der Waals surface area contributed by atoms with Crippen LogP contribution in [0, 0.1) is 29.1 Å². The molecule has 3 nitrogen and oxygen atoms in total. The lowest BCUT2D eigenvalue weighted by Crippen LogP contribution is -2.14. The summed E-state index contributed by atoms with van der Waals surface area (Å²) < 4.78 is 89.7. The maximum Gasteiger partial charge on any atom is 0.201 e. The summed E-state index contributed by atoms with van der Waals surface area (Å²) in [6.07, 6.45) is 8.18. The third-order valence-electron chi connectivity index (χ3n) is 8.19. The Morgan fingerprint density at radius 2 is 1.19 bits per heavy atom. The average Bonchev–Trinajstić information content (AvgIpc) is 3.01. The van der Waals surface area contributed by atoms with E-state index in [1.807, 2.05) is 6.92 Å². The molecule has 0 unspecified atom stereocenters. The first-order valence-electron chi connectivity index (χ1n) is 15.5. The normalized spacial score (nSPS) is 16.7. The van der Waals surface area contributed by atoms with Gasteiger partial charge in [-0.2, -0.15) is 8.78 Å². The van der Waals surface area contributed by atoms with Gasteiger partial charge in [0.05, 0.1) is 13.2 Å². The summed E-state index contributed by atoms with van der Waals surface area (Å²) in [4.78, 5) is 0. The highest BCUT2D eigenvalue weighted by Crippen LogP contribution is 2.43. The molecular weight excluding hydrogens is 563 g/mol. The molecule has 0 aliphatic heterocycles. The Bertz CT molecular complexity index is 1340.